The first-order valence-electron chi connectivity index (χ1n) is 10.3. The summed E-state index contributed by atoms with van der Waals surface area (Å²) in [6.07, 6.45) is 3.83. The number of nitrogens with zero attached hydrogens (tertiary/aromatic N) is 2. The molecule has 28 heavy (non-hydrogen) atoms. The lowest BCUT2D eigenvalue weighted by Gasteiger charge is -2.49. The molecule has 3 N–H and O–H groups in total. The minimum atomic E-state index is -0.728. The van der Waals surface area contributed by atoms with Gasteiger partial charge in [0.05, 0.1) is 11.0 Å². The van der Waals surface area contributed by atoms with Gasteiger partial charge in [0, 0.05) is 18.6 Å². The van der Waals surface area contributed by atoms with Crippen molar-refractivity contribution in [1.82, 2.24) is 15.1 Å². The molecule has 2 aliphatic rings. The third-order valence-corrected chi connectivity index (χ3v) is 6.96. The van der Waals surface area contributed by atoms with Gasteiger partial charge in [-0.2, -0.15) is 0 Å². The summed E-state index contributed by atoms with van der Waals surface area (Å²) in [6.45, 7) is 7.77. The summed E-state index contributed by atoms with van der Waals surface area (Å²) < 4.78 is 0. The van der Waals surface area contributed by atoms with Crippen molar-refractivity contribution < 1.29 is 9.59 Å². The molecule has 6 heteroatoms. The van der Waals surface area contributed by atoms with Crippen LogP contribution in [0.5, 0.6) is 0 Å². The van der Waals surface area contributed by atoms with Crippen LogP contribution in [0.25, 0.3) is 0 Å². The summed E-state index contributed by atoms with van der Waals surface area (Å²) in [7, 11) is 2.19. The highest BCUT2D eigenvalue weighted by molar-refractivity contribution is 5.82. The van der Waals surface area contributed by atoms with E-state index in [1.807, 2.05) is 0 Å². The van der Waals surface area contributed by atoms with E-state index in [9.17, 15) is 9.59 Å². The Morgan fingerprint density at radius 1 is 1.21 bits per heavy atom. The molecule has 6 nitrogen and oxygen atoms in total. The average molecular weight is 387 g/mol. The van der Waals surface area contributed by atoms with Crippen LogP contribution in [0.15, 0.2) is 30.3 Å². The molecule has 154 valence electrons. The molecule has 1 heterocycles. The molecule has 0 radical (unpaired) electrons. The Morgan fingerprint density at radius 3 is 2.36 bits per heavy atom. The predicted molar refractivity (Wildman–Crippen MR) is 111 cm³/mol. The Morgan fingerprint density at radius 2 is 1.82 bits per heavy atom. The standard InChI is InChI=1S/C22H34N4O2/c1-5-25(4)22(17-9-7-6-8-10-17)13-11-21(12-14-22)16-26(19(28)24-21)15-20(2,3)18(23)27/h6-10H,5,11-16H2,1-4H3,(H2,23,27)(H,24,28)/t21-,22-. The lowest BCUT2D eigenvalue weighted by atomic mass is 9.68. The first kappa shape index (κ1) is 20.6. The van der Waals surface area contributed by atoms with E-state index in [2.05, 4.69) is 54.5 Å². The smallest absolute Gasteiger partial charge is 0.318 e. The Balaban J connectivity index is 1.76. The van der Waals surface area contributed by atoms with Gasteiger partial charge in [-0.15, -0.1) is 0 Å². The van der Waals surface area contributed by atoms with Crippen LogP contribution >= 0.6 is 0 Å². The van der Waals surface area contributed by atoms with Gasteiger partial charge in [0.2, 0.25) is 5.91 Å². The van der Waals surface area contributed by atoms with E-state index >= 15 is 0 Å². The van der Waals surface area contributed by atoms with Gasteiger partial charge in [0.25, 0.3) is 0 Å². The molecule has 0 atom stereocenters. The summed E-state index contributed by atoms with van der Waals surface area (Å²) in [5.74, 6) is -0.377. The molecule has 1 aliphatic heterocycles. The van der Waals surface area contributed by atoms with Gasteiger partial charge >= 0.3 is 6.03 Å². The lowest BCUT2D eigenvalue weighted by molar-refractivity contribution is -0.126. The van der Waals surface area contributed by atoms with Gasteiger partial charge in [0.1, 0.15) is 0 Å². The van der Waals surface area contributed by atoms with E-state index in [4.69, 9.17) is 5.73 Å². The van der Waals surface area contributed by atoms with E-state index in [-0.39, 0.29) is 23.0 Å². The third kappa shape index (κ3) is 3.62. The number of urea groups is 1. The molecule has 1 aromatic rings. The average Bonchev–Trinajstić information content (AvgIpc) is 2.97. The van der Waals surface area contributed by atoms with Gasteiger partial charge < -0.3 is 16.0 Å². The molecule has 3 rings (SSSR count). The fourth-order valence-electron chi connectivity index (χ4n) is 4.83. The SMILES string of the molecule is CCN(C)[C@]1(c2ccccc2)CC[C@@]2(CC1)CN(CC(C)(C)C(N)=O)C(=O)N2. The van der Waals surface area contributed by atoms with Crippen LogP contribution in [0.3, 0.4) is 0 Å². The molecule has 3 amide bonds. The molecule has 2 fully saturated rings. The number of rotatable bonds is 6. The van der Waals surface area contributed by atoms with Crippen LogP contribution in [-0.2, 0) is 10.3 Å². The van der Waals surface area contributed by atoms with Crippen molar-refractivity contribution in [3.05, 3.63) is 35.9 Å². The highest BCUT2D eigenvalue weighted by atomic mass is 16.2. The second-order valence-electron chi connectivity index (χ2n) is 9.23. The van der Waals surface area contributed by atoms with Crippen molar-refractivity contribution in [2.75, 3.05) is 26.7 Å². The minimum Gasteiger partial charge on any atom is -0.369 e. The Bertz CT molecular complexity index is 723. The van der Waals surface area contributed by atoms with Crippen LogP contribution in [0.1, 0.15) is 52.0 Å². The maximum Gasteiger partial charge on any atom is 0.318 e. The van der Waals surface area contributed by atoms with E-state index in [0.717, 1.165) is 32.2 Å². The van der Waals surface area contributed by atoms with Gasteiger partial charge in [-0.1, -0.05) is 37.3 Å². The summed E-state index contributed by atoms with van der Waals surface area (Å²) in [5, 5.41) is 3.24. The second kappa shape index (κ2) is 7.39. The van der Waals surface area contributed by atoms with Crippen LogP contribution in [0, 0.1) is 5.41 Å². The van der Waals surface area contributed by atoms with Crippen molar-refractivity contribution in [1.29, 1.82) is 0 Å². The number of carbonyl (C=O) groups excluding carboxylic acids is 2. The number of carbonyl (C=O) groups is 2. The zero-order valence-electron chi connectivity index (χ0n) is 17.6. The predicted octanol–water partition coefficient (Wildman–Crippen LogP) is 2.68. The van der Waals surface area contributed by atoms with Crippen molar-refractivity contribution in [2.45, 2.75) is 57.5 Å². The molecular formula is C22H34N4O2. The Labute approximate surface area is 168 Å². The van der Waals surface area contributed by atoms with Crippen LogP contribution in [0.2, 0.25) is 0 Å². The summed E-state index contributed by atoms with van der Waals surface area (Å²) in [6, 6.07) is 10.6. The van der Waals surface area contributed by atoms with E-state index in [0.29, 0.717) is 13.1 Å². The summed E-state index contributed by atoms with van der Waals surface area (Å²) in [4.78, 5) is 28.5. The van der Waals surface area contributed by atoms with E-state index in [1.165, 1.54) is 5.56 Å². The number of nitrogens with one attached hydrogen (secondary N) is 1. The molecule has 0 unspecified atom stereocenters. The lowest BCUT2D eigenvalue weighted by Crippen LogP contribution is -2.54. The number of primary amides is 1. The van der Waals surface area contributed by atoms with E-state index in [1.54, 1.807) is 18.7 Å². The molecule has 0 aromatic heterocycles. The Hall–Kier alpha value is -2.08. The maximum absolute atomic E-state index is 12.6. The number of hydrogen-bond donors (Lipinski definition) is 2. The molecule has 0 bridgehead atoms. The van der Waals surface area contributed by atoms with Gasteiger partial charge in [-0.25, -0.2) is 4.79 Å². The minimum absolute atomic E-state index is 0.00586. The van der Waals surface area contributed by atoms with Crippen molar-refractivity contribution in [2.24, 2.45) is 11.1 Å². The molecule has 1 saturated heterocycles. The van der Waals surface area contributed by atoms with Gasteiger partial charge in [-0.05, 0) is 58.7 Å². The molecular weight excluding hydrogens is 352 g/mol. The van der Waals surface area contributed by atoms with Crippen LogP contribution in [-0.4, -0.2) is 54.0 Å². The maximum atomic E-state index is 12.6. The largest absolute Gasteiger partial charge is 0.369 e. The fourth-order valence-corrected chi connectivity index (χ4v) is 4.83. The Kier molecular flexibility index (Phi) is 5.45. The first-order chi connectivity index (χ1) is 13.1. The van der Waals surface area contributed by atoms with Crippen molar-refractivity contribution in [3.8, 4) is 0 Å². The first-order valence-corrected chi connectivity index (χ1v) is 10.3. The van der Waals surface area contributed by atoms with Gasteiger partial charge in [0.15, 0.2) is 0 Å². The summed E-state index contributed by atoms with van der Waals surface area (Å²) >= 11 is 0. The number of nitrogens with two attached hydrogens (primary N) is 1. The zero-order valence-corrected chi connectivity index (χ0v) is 17.6. The second-order valence-corrected chi connectivity index (χ2v) is 9.23. The molecule has 1 aromatic carbocycles. The normalized spacial score (nSPS) is 28.0. The monoisotopic (exact) mass is 386 g/mol. The highest BCUT2D eigenvalue weighted by Crippen LogP contribution is 2.46. The van der Waals surface area contributed by atoms with Crippen molar-refractivity contribution >= 4 is 11.9 Å². The van der Waals surface area contributed by atoms with Crippen molar-refractivity contribution in [3.63, 3.8) is 0 Å². The van der Waals surface area contributed by atoms with Crippen LogP contribution < -0.4 is 11.1 Å². The van der Waals surface area contributed by atoms with Gasteiger partial charge in [-0.3, -0.25) is 9.69 Å². The number of amides is 3. The van der Waals surface area contributed by atoms with E-state index < -0.39 is 5.41 Å². The number of hydrogen-bond acceptors (Lipinski definition) is 3. The fraction of sp³-hybridized carbons (Fsp3) is 0.636. The summed E-state index contributed by atoms with van der Waals surface area (Å²) in [5.41, 5.74) is 5.93. The highest BCUT2D eigenvalue weighted by Gasteiger charge is 2.51. The zero-order chi connectivity index (χ0) is 20.6. The third-order valence-electron chi connectivity index (χ3n) is 6.96. The topological polar surface area (TPSA) is 78.7 Å². The molecule has 1 aliphatic carbocycles. The van der Waals surface area contributed by atoms with Crippen LogP contribution in [0.4, 0.5) is 4.79 Å². The molecule has 1 saturated carbocycles. The molecule has 1 spiro atoms. The number of benzene rings is 1. The quantitative estimate of drug-likeness (QED) is 0.789.